The van der Waals surface area contributed by atoms with Crippen LogP contribution in [0.1, 0.15) is 24.5 Å². The Balaban J connectivity index is 2.67. The summed E-state index contributed by atoms with van der Waals surface area (Å²) in [5.41, 5.74) is 8.46. The Bertz CT molecular complexity index is 281. The first-order valence-electron chi connectivity index (χ1n) is 4.60. The summed E-state index contributed by atoms with van der Waals surface area (Å²) in [7, 11) is 0. The average molecular weight is 242 g/mol. The minimum Gasteiger partial charge on any atom is -0.328 e. The summed E-state index contributed by atoms with van der Waals surface area (Å²) in [5.74, 6) is 0. The lowest BCUT2D eigenvalue weighted by molar-refractivity contribution is 0.664. The summed E-state index contributed by atoms with van der Waals surface area (Å²) < 4.78 is 1.15. The zero-order valence-corrected chi connectivity index (χ0v) is 9.76. The van der Waals surface area contributed by atoms with Crippen molar-refractivity contribution in [3.05, 3.63) is 33.8 Å². The standard InChI is InChI=1S/C11H16BrN/c1-8-7-11(12)6-5-10(8)4-3-9(2)13/h5-7,9H,3-4,13H2,1-2H3. The molecule has 0 spiro atoms. The van der Waals surface area contributed by atoms with Gasteiger partial charge in [-0.25, -0.2) is 0 Å². The molecule has 0 heterocycles. The van der Waals surface area contributed by atoms with Crippen molar-refractivity contribution in [3.63, 3.8) is 0 Å². The molecule has 0 aromatic heterocycles. The Labute approximate surface area is 88.5 Å². The number of nitrogens with two attached hydrogens (primary N) is 1. The molecule has 1 atom stereocenters. The van der Waals surface area contributed by atoms with Crippen LogP contribution >= 0.6 is 15.9 Å². The van der Waals surface area contributed by atoms with Gasteiger partial charge in [-0.15, -0.1) is 0 Å². The van der Waals surface area contributed by atoms with Gasteiger partial charge < -0.3 is 5.73 Å². The highest BCUT2D eigenvalue weighted by molar-refractivity contribution is 9.10. The fourth-order valence-electron chi connectivity index (χ4n) is 1.32. The van der Waals surface area contributed by atoms with E-state index in [1.54, 1.807) is 0 Å². The van der Waals surface area contributed by atoms with Gasteiger partial charge in [-0.05, 0) is 49.9 Å². The van der Waals surface area contributed by atoms with E-state index in [4.69, 9.17) is 5.73 Å². The molecule has 2 N–H and O–H groups in total. The maximum atomic E-state index is 5.71. The van der Waals surface area contributed by atoms with Crippen LogP contribution in [0, 0.1) is 6.92 Å². The van der Waals surface area contributed by atoms with E-state index in [9.17, 15) is 0 Å². The number of benzene rings is 1. The van der Waals surface area contributed by atoms with Crippen LogP contribution in [0.2, 0.25) is 0 Å². The van der Waals surface area contributed by atoms with E-state index in [1.807, 2.05) is 6.92 Å². The molecule has 2 heteroatoms. The Hall–Kier alpha value is -0.340. The predicted molar refractivity (Wildman–Crippen MR) is 60.8 cm³/mol. The molecule has 0 aliphatic rings. The van der Waals surface area contributed by atoms with Gasteiger partial charge in [-0.3, -0.25) is 0 Å². The second-order valence-electron chi connectivity index (χ2n) is 3.59. The zero-order chi connectivity index (χ0) is 9.84. The van der Waals surface area contributed by atoms with Crippen molar-refractivity contribution in [3.8, 4) is 0 Å². The van der Waals surface area contributed by atoms with E-state index in [2.05, 4.69) is 41.1 Å². The van der Waals surface area contributed by atoms with E-state index in [0.717, 1.165) is 17.3 Å². The molecule has 0 saturated carbocycles. The fraction of sp³-hybridized carbons (Fsp3) is 0.455. The Morgan fingerprint density at radius 1 is 1.46 bits per heavy atom. The lowest BCUT2D eigenvalue weighted by atomic mass is 10.0. The molecule has 1 nitrogen and oxygen atoms in total. The molecule has 1 aromatic carbocycles. The van der Waals surface area contributed by atoms with Gasteiger partial charge in [0.15, 0.2) is 0 Å². The minimum absolute atomic E-state index is 0.294. The molecule has 1 unspecified atom stereocenters. The molecule has 0 amide bonds. The average Bonchev–Trinajstić information content (AvgIpc) is 2.02. The van der Waals surface area contributed by atoms with Gasteiger partial charge in [0.05, 0.1) is 0 Å². The molecule has 0 aliphatic carbocycles. The van der Waals surface area contributed by atoms with Crippen LogP contribution in [0.15, 0.2) is 22.7 Å². The van der Waals surface area contributed by atoms with Crippen LogP contribution in [0.5, 0.6) is 0 Å². The Morgan fingerprint density at radius 3 is 2.69 bits per heavy atom. The van der Waals surface area contributed by atoms with Gasteiger partial charge >= 0.3 is 0 Å². The van der Waals surface area contributed by atoms with E-state index < -0.39 is 0 Å². The minimum atomic E-state index is 0.294. The van der Waals surface area contributed by atoms with Gasteiger partial charge in [-0.1, -0.05) is 22.0 Å². The van der Waals surface area contributed by atoms with Crippen molar-refractivity contribution in [2.45, 2.75) is 32.7 Å². The molecule has 1 aromatic rings. The maximum Gasteiger partial charge on any atom is 0.0178 e. The van der Waals surface area contributed by atoms with Crippen LogP contribution in [-0.4, -0.2) is 6.04 Å². The fourth-order valence-corrected chi connectivity index (χ4v) is 1.80. The predicted octanol–water partition coefficient (Wildman–Crippen LogP) is 3.04. The third-order valence-electron chi connectivity index (χ3n) is 2.17. The van der Waals surface area contributed by atoms with E-state index in [1.165, 1.54) is 11.1 Å². The van der Waals surface area contributed by atoms with Crippen molar-refractivity contribution in [2.24, 2.45) is 5.73 Å². The molecular weight excluding hydrogens is 226 g/mol. The second kappa shape index (κ2) is 4.77. The van der Waals surface area contributed by atoms with Crippen LogP contribution < -0.4 is 5.73 Å². The van der Waals surface area contributed by atoms with Crippen LogP contribution in [0.25, 0.3) is 0 Å². The van der Waals surface area contributed by atoms with Gasteiger partial charge in [0, 0.05) is 10.5 Å². The molecule has 0 bridgehead atoms. The van der Waals surface area contributed by atoms with E-state index >= 15 is 0 Å². The molecule has 0 saturated heterocycles. The second-order valence-corrected chi connectivity index (χ2v) is 4.50. The monoisotopic (exact) mass is 241 g/mol. The van der Waals surface area contributed by atoms with Gasteiger partial charge in [0.2, 0.25) is 0 Å². The molecular formula is C11H16BrN. The summed E-state index contributed by atoms with van der Waals surface area (Å²) in [6.07, 6.45) is 2.14. The highest BCUT2D eigenvalue weighted by atomic mass is 79.9. The van der Waals surface area contributed by atoms with Crippen molar-refractivity contribution in [1.29, 1.82) is 0 Å². The van der Waals surface area contributed by atoms with Gasteiger partial charge in [0.1, 0.15) is 0 Å². The molecule has 0 fully saturated rings. The molecule has 13 heavy (non-hydrogen) atoms. The molecule has 0 aliphatic heterocycles. The third-order valence-corrected chi connectivity index (χ3v) is 2.67. The maximum absolute atomic E-state index is 5.71. The molecule has 72 valence electrons. The normalized spacial score (nSPS) is 12.9. The summed E-state index contributed by atoms with van der Waals surface area (Å²) in [6, 6.07) is 6.70. The van der Waals surface area contributed by atoms with Crippen molar-refractivity contribution < 1.29 is 0 Å². The quantitative estimate of drug-likeness (QED) is 0.866. The van der Waals surface area contributed by atoms with Crippen molar-refractivity contribution in [2.75, 3.05) is 0 Å². The molecule has 0 radical (unpaired) electrons. The van der Waals surface area contributed by atoms with E-state index in [-0.39, 0.29) is 0 Å². The van der Waals surface area contributed by atoms with Gasteiger partial charge in [0.25, 0.3) is 0 Å². The van der Waals surface area contributed by atoms with Crippen molar-refractivity contribution in [1.82, 2.24) is 0 Å². The van der Waals surface area contributed by atoms with Crippen LogP contribution in [0.3, 0.4) is 0 Å². The first-order chi connectivity index (χ1) is 6.09. The highest BCUT2D eigenvalue weighted by Crippen LogP contribution is 2.17. The van der Waals surface area contributed by atoms with E-state index in [0.29, 0.717) is 6.04 Å². The number of halogens is 1. The largest absolute Gasteiger partial charge is 0.328 e. The van der Waals surface area contributed by atoms with Crippen LogP contribution in [-0.2, 0) is 6.42 Å². The number of hydrogen-bond acceptors (Lipinski definition) is 1. The SMILES string of the molecule is Cc1cc(Br)ccc1CCC(C)N. The lowest BCUT2D eigenvalue weighted by Crippen LogP contribution is -2.15. The summed E-state index contributed by atoms with van der Waals surface area (Å²) in [6.45, 7) is 4.19. The summed E-state index contributed by atoms with van der Waals surface area (Å²) >= 11 is 3.45. The number of rotatable bonds is 3. The first-order valence-corrected chi connectivity index (χ1v) is 5.39. The summed E-state index contributed by atoms with van der Waals surface area (Å²) in [4.78, 5) is 0. The van der Waals surface area contributed by atoms with Crippen LogP contribution in [0.4, 0.5) is 0 Å². The third kappa shape index (κ3) is 3.49. The highest BCUT2D eigenvalue weighted by Gasteiger charge is 2.00. The summed E-state index contributed by atoms with van der Waals surface area (Å²) in [5, 5.41) is 0. The number of aryl methyl sites for hydroxylation is 2. The topological polar surface area (TPSA) is 26.0 Å². The van der Waals surface area contributed by atoms with Crippen molar-refractivity contribution >= 4 is 15.9 Å². The number of hydrogen-bond donors (Lipinski definition) is 1. The lowest BCUT2D eigenvalue weighted by Gasteiger charge is -2.08. The smallest absolute Gasteiger partial charge is 0.0178 e. The Morgan fingerprint density at radius 2 is 2.15 bits per heavy atom. The van der Waals surface area contributed by atoms with Gasteiger partial charge in [-0.2, -0.15) is 0 Å². The zero-order valence-electron chi connectivity index (χ0n) is 8.18. The molecule has 1 rings (SSSR count). The first kappa shape index (κ1) is 10.7. The Kier molecular flexibility index (Phi) is 3.94.